The maximum absolute atomic E-state index is 14.1. The van der Waals surface area contributed by atoms with Crippen LogP contribution in [0.2, 0.25) is 0 Å². The first kappa shape index (κ1) is 20.0. The Labute approximate surface area is 166 Å². The monoisotopic (exact) mass is 407 g/mol. The Bertz CT molecular complexity index is 832. The van der Waals surface area contributed by atoms with Gasteiger partial charge in [-0.3, -0.25) is 14.5 Å². The first-order chi connectivity index (χ1) is 12.9. The Morgan fingerprint density at radius 3 is 2.59 bits per heavy atom. The number of benzene rings is 1. The van der Waals surface area contributed by atoms with E-state index in [0.717, 1.165) is 30.3 Å². The number of aryl methyl sites for hydroxylation is 1. The van der Waals surface area contributed by atoms with Crippen molar-refractivity contribution in [1.29, 1.82) is 0 Å². The lowest BCUT2D eigenvalue weighted by Gasteiger charge is -2.34. The number of thioether (sulfide) groups is 1. The highest BCUT2D eigenvalue weighted by Crippen LogP contribution is 2.23. The molecule has 1 aliphatic heterocycles. The third kappa shape index (κ3) is 5.37. The molecule has 1 aromatic heterocycles. The molecule has 144 valence electrons. The summed E-state index contributed by atoms with van der Waals surface area (Å²) in [7, 11) is 0. The van der Waals surface area contributed by atoms with E-state index < -0.39 is 5.82 Å². The van der Waals surface area contributed by atoms with E-state index in [1.807, 2.05) is 11.8 Å². The van der Waals surface area contributed by atoms with Crippen LogP contribution >= 0.6 is 23.1 Å². The van der Waals surface area contributed by atoms with Gasteiger partial charge in [0.05, 0.1) is 16.5 Å². The lowest BCUT2D eigenvalue weighted by atomic mass is 10.1. The normalized spacial score (nSPS) is 15.1. The number of thiazole rings is 1. The van der Waals surface area contributed by atoms with Crippen molar-refractivity contribution in [3.8, 4) is 0 Å². The lowest BCUT2D eigenvalue weighted by molar-refractivity contribution is -0.130. The summed E-state index contributed by atoms with van der Waals surface area (Å²) in [4.78, 5) is 32.7. The van der Waals surface area contributed by atoms with Gasteiger partial charge in [0.15, 0.2) is 5.78 Å². The minimum atomic E-state index is -0.455. The number of Topliss-reactive ketones (excluding diaryl/α,β-unsaturated/α-hetero) is 1. The summed E-state index contributed by atoms with van der Waals surface area (Å²) in [5.41, 5.74) is 1.42. The van der Waals surface area contributed by atoms with E-state index >= 15 is 0 Å². The second kappa shape index (κ2) is 8.95. The van der Waals surface area contributed by atoms with Gasteiger partial charge in [-0.1, -0.05) is 6.07 Å². The third-order valence-electron chi connectivity index (χ3n) is 4.47. The van der Waals surface area contributed by atoms with Gasteiger partial charge >= 0.3 is 0 Å². The second-order valence-corrected chi connectivity index (χ2v) is 8.58. The Morgan fingerprint density at radius 2 is 2.00 bits per heavy atom. The maximum Gasteiger partial charge on any atom is 0.233 e. The van der Waals surface area contributed by atoms with Gasteiger partial charge in [0, 0.05) is 48.6 Å². The van der Waals surface area contributed by atoms with Gasteiger partial charge in [-0.05, 0) is 26.0 Å². The number of carbonyl (C=O) groups is 2. The minimum Gasteiger partial charge on any atom is -0.339 e. The molecule has 3 rings (SSSR count). The molecule has 5 nitrogen and oxygen atoms in total. The van der Waals surface area contributed by atoms with Crippen molar-refractivity contribution in [2.24, 2.45) is 0 Å². The summed E-state index contributed by atoms with van der Waals surface area (Å²) < 4.78 is 14.1. The summed E-state index contributed by atoms with van der Waals surface area (Å²) in [6.45, 7) is 7.19. The highest BCUT2D eigenvalue weighted by atomic mass is 32.2. The number of carbonyl (C=O) groups excluding carboxylic acids is 2. The summed E-state index contributed by atoms with van der Waals surface area (Å²) in [6, 6.07) is 4.39. The van der Waals surface area contributed by atoms with Crippen LogP contribution in [0.5, 0.6) is 0 Å². The molecule has 0 bridgehead atoms. The van der Waals surface area contributed by atoms with Crippen LogP contribution in [0.3, 0.4) is 0 Å². The van der Waals surface area contributed by atoms with E-state index in [4.69, 9.17) is 0 Å². The average molecular weight is 408 g/mol. The second-order valence-electron chi connectivity index (χ2n) is 6.50. The number of piperazine rings is 1. The largest absolute Gasteiger partial charge is 0.339 e. The topological polar surface area (TPSA) is 53.5 Å². The molecule has 1 aliphatic rings. The zero-order chi connectivity index (χ0) is 19.4. The predicted octanol–water partition coefficient (Wildman–Crippen LogP) is 3.23. The van der Waals surface area contributed by atoms with Crippen LogP contribution in [-0.2, 0) is 11.3 Å². The summed E-state index contributed by atoms with van der Waals surface area (Å²) in [5.74, 6) is -0.419. The summed E-state index contributed by atoms with van der Waals surface area (Å²) >= 11 is 2.83. The highest BCUT2D eigenvalue weighted by molar-refractivity contribution is 8.00. The molecule has 1 fully saturated rings. The van der Waals surface area contributed by atoms with E-state index in [1.54, 1.807) is 23.5 Å². The van der Waals surface area contributed by atoms with Crippen LogP contribution in [0.4, 0.5) is 4.39 Å². The summed E-state index contributed by atoms with van der Waals surface area (Å²) in [6.07, 6.45) is 0. The number of halogens is 1. The van der Waals surface area contributed by atoms with Gasteiger partial charge in [0.25, 0.3) is 0 Å². The molecule has 8 heteroatoms. The molecule has 0 unspecified atom stereocenters. The first-order valence-corrected chi connectivity index (χ1v) is 10.6. The standard InChI is InChI=1S/C19H22FN3O2S2/c1-13(24)15-3-4-18(17(20)9-15)27-12-19(25)23-7-5-22(6-8-23)10-16-11-26-14(2)21-16/h3-4,9,11H,5-8,10,12H2,1-2H3. The maximum atomic E-state index is 14.1. The number of ketones is 1. The molecule has 0 radical (unpaired) electrons. The molecular formula is C19H22FN3O2S2. The first-order valence-electron chi connectivity index (χ1n) is 8.77. The Kier molecular flexibility index (Phi) is 6.62. The SMILES string of the molecule is CC(=O)c1ccc(SCC(=O)N2CCN(Cc3csc(C)n3)CC2)c(F)c1. The highest BCUT2D eigenvalue weighted by Gasteiger charge is 2.22. The smallest absolute Gasteiger partial charge is 0.233 e. The average Bonchev–Trinajstić information content (AvgIpc) is 3.05. The zero-order valence-electron chi connectivity index (χ0n) is 15.4. The number of nitrogens with zero attached hydrogens (tertiary/aromatic N) is 3. The van der Waals surface area contributed by atoms with Gasteiger partial charge in [0.1, 0.15) is 5.82 Å². The van der Waals surface area contributed by atoms with Crippen LogP contribution in [-0.4, -0.2) is 58.4 Å². The number of hydrogen-bond donors (Lipinski definition) is 0. The Balaban J connectivity index is 1.46. The quantitative estimate of drug-likeness (QED) is 0.544. The van der Waals surface area contributed by atoms with E-state index in [2.05, 4.69) is 15.3 Å². The van der Waals surface area contributed by atoms with E-state index in [9.17, 15) is 14.0 Å². The number of hydrogen-bond acceptors (Lipinski definition) is 6. The molecular weight excluding hydrogens is 385 g/mol. The molecule has 1 saturated heterocycles. The van der Waals surface area contributed by atoms with Crippen molar-refractivity contribution in [1.82, 2.24) is 14.8 Å². The van der Waals surface area contributed by atoms with Gasteiger partial charge < -0.3 is 4.90 Å². The number of aromatic nitrogens is 1. The molecule has 2 heterocycles. The fraction of sp³-hybridized carbons (Fsp3) is 0.421. The third-order valence-corrected chi connectivity index (χ3v) is 6.32. The van der Waals surface area contributed by atoms with Crippen LogP contribution in [0.15, 0.2) is 28.5 Å². The molecule has 1 aromatic carbocycles. The fourth-order valence-corrected chi connectivity index (χ4v) is 4.36. The van der Waals surface area contributed by atoms with Crippen molar-refractivity contribution in [3.05, 3.63) is 45.7 Å². The molecule has 2 aromatic rings. The number of rotatable bonds is 6. The van der Waals surface area contributed by atoms with Gasteiger partial charge in [-0.2, -0.15) is 0 Å². The lowest BCUT2D eigenvalue weighted by Crippen LogP contribution is -2.48. The number of amides is 1. The molecule has 0 saturated carbocycles. The fourth-order valence-electron chi connectivity index (χ4n) is 2.93. The molecule has 0 spiro atoms. The van der Waals surface area contributed by atoms with Gasteiger partial charge in [-0.25, -0.2) is 9.37 Å². The van der Waals surface area contributed by atoms with E-state index in [1.165, 1.54) is 24.8 Å². The van der Waals surface area contributed by atoms with Crippen LogP contribution in [0.25, 0.3) is 0 Å². The summed E-state index contributed by atoms with van der Waals surface area (Å²) in [5, 5.41) is 3.15. The Hall–Kier alpha value is -1.77. The van der Waals surface area contributed by atoms with Gasteiger partial charge in [-0.15, -0.1) is 23.1 Å². The van der Waals surface area contributed by atoms with Crippen LogP contribution in [0.1, 0.15) is 28.0 Å². The Morgan fingerprint density at radius 1 is 1.26 bits per heavy atom. The predicted molar refractivity (Wildman–Crippen MR) is 106 cm³/mol. The van der Waals surface area contributed by atoms with Crippen molar-refractivity contribution < 1.29 is 14.0 Å². The van der Waals surface area contributed by atoms with Crippen molar-refractivity contribution in [3.63, 3.8) is 0 Å². The molecule has 0 aliphatic carbocycles. The minimum absolute atomic E-state index is 0.0131. The van der Waals surface area contributed by atoms with Crippen LogP contribution < -0.4 is 0 Å². The van der Waals surface area contributed by atoms with Crippen molar-refractivity contribution in [2.75, 3.05) is 31.9 Å². The zero-order valence-corrected chi connectivity index (χ0v) is 17.0. The molecule has 1 amide bonds. The van der Waals surface area contributed by atoms with E-state index in [-0.39, 0.29) is 17.4 Å². The molecule has 27 heavy (non-hydrogen) atoms. The van der Waals surface area contributed by atoms with Crippen molar-refractivity contribution >= 4 is 34.8 Å². The molecule has 0 atom stereocenters. The van der Waals surface area contributed by atoms with E-state index in [0.29, 0.717) is 23.5 Å². The molecule has 0 N–H and O–H groups in total. The van der Waals surface area contributed by atoms with Crippen molar-refractivity contribution in [2.45, 2.75) is 25.3 Å². The van der Waals surface area contributed by atoms with Gasteiger partial charge in [0.2, 0.25) is 5.91 Å². The van der Waals surface area contributed by atoms with Crippen LogP contribution in [0, 0.1) is 12.7 Å².